The summed E-state index contributed by atoms with van der Waals surface area (Å²) in [5.74, 6) is 0.225. The summed E-state index contributed by atoms with van der Waals surface area (Å²) in [6, 6.07) is 18.9. The highest BCUT2D eigenvalue weighted by molar-refractivity contribution is 5.92. The summed E-state index contributed by atoms with van der Waals surface area (Å²) in [6.07, 6.45) is 0. The smallest absolute Gasteiger partial charge is 0.373 e. The zero-order chi connectivity index (χ0) is 18.4. The van der Waals surface area contributed by atoms with Crippen molar-refractivity contribution in [3.05, 3.63) is 83.8 Å². The first-order chi connectivity index (χ1) is 12.7. The summed E-state index contributed by atoms with van der Waals surface area (Å²) in [5.41, 5.74) is 0.288. The van der Waals surface area contributed by atoms with E-state index in [1.54, 1.807) is 42.5 Å². The molecule has 1 aromatic heterocycles. The number of methoxy groups -OCH3 is 1. The SMILES string of the molecule is COC(=O)c1ccc(COC(=O)c2ccccc2Oc2ccccc2)o1. The van der Waals surface area contributed by atoms with E-state index in [1.807, 2.05) is 18.2 Å². The van der Waals surface area contributed by atoms with E-state index in [4.69, 9.17) is 13.9 Å². The lowest BCUT2D eigenvalue weighted by molar-refractivity contribution is 0.0436. The number of ether oxygens (including phenoxy) is 3. The predicted octanol–water partition coefficient (Wildman–Crippen LogP) is 4.22. The van der Waals surface area contributed by atoms with E-state index in [9.17, 15) is 9.59 Å². The summed E-state index contributed by atoms with van der Waals surface area (Å²) in [5, 5.41) is 0. The van der Waals surface area contributed by atoms with E-state index >= 15 is 0 Å². The third kappa shape index (κ3) is 4.10. The van der Waals surface area contributed by atoms with Crippen molar-refractivity contribution in [3.63, 3.8) is 0 Å². The first-order valence-electron chi connectivity index (χ1n) is 7.83. The Hall–Kier alpha value is -3.54. The molecule has 2 aromatic carbocycles. The van der Waals surface area contributed by atoms with E-state index in [1.165, 1.54) is 13.2 Å². The van der Waals surface area contributed by atoms with Gasteiger partial charge in [0.25, 0.3) is 0 Å². The van der Waals surface area contributed by atoms with Crippen molar-refractivity contribution in [2.75, 3.05) is 7.11 Å². The molecule has 0 amide bonds. The van der Waals surface area contributed by atoms with Crippen molar-refractivity contribution < 1.29 is 28.2 Å². The molecule has 0 aliphatic heterocycles. The molecule has 0 aliphatic rings. The summed E-state index contributed by atoms with van der Waals surface area (Å²) in [7, 11) is 1.26. The van der Waals surface area contributed by atoms with Crippen LogP contribution in [0.4, 0.5) is 0 Å². The fourth-order valence-corrected chi connectivity index (χ4v) is 2.22. The van der Waals surface area contributed by atoms with Crippen LogP contribution < -0.4 is 4.74 Å². The second-order valence-electron chi connectivity index (χ2n) is 5.24. The van der Waals surface area contributed by atoms with Crippen molar-refractivity contribution in [1.82, 2.24) is 0 Å². The molecular weight excluding hydrogens is 336 g/mol. The van der Waals surface area contributed by atoms with Crippen molar-refractivity contribution in [3.8, 4) is 11.5 Å². The van der Waals surface area contributed by atoms with Gasteiger partial charge in [-0.1, -0.05) is 30.3 Å². The maximum atomic E-state index is 12.4. The Bertz CT molecular complexity index is 897. The fraction of sp³-hybridized carbons (Fsp3) is 0.100. The minimum Gasteiger partial charge on any atom is -0.463 e. The lowest BCUT2D eigenvalue weighted by Gasteiger charge is -2.10. The number of rotatable bonds is 6. The van der Waals surface area contributed by atoms with Gasteiger partial charge in [-0.2, -0.15) is 0 Å². The van der Waals surface area contributed by atoms with Crippen LogP contribution in [0, 0.1) is 0 Å². The van der Waals surface area contributed by atoms with Crippen LogP contribution in [0.25, 0.3) is 0 Å². The first-order valence-corrected chi connectivity index (χ1v) is 7.83. The lowest BCUT2D eigenvalue weighted by Crippen LogP contribution is -2.06. The van der Waals surface area contributed by atoms with Gasteiger partial charge in [0, 0.05) is 0 Å². The predicted molar refractivity (Wildman–Crippen MR) is 92.1 cm³/mol. The third-order valence-corrected chi connectivity index (χ3v) is 3.47. The van der Waals surface area contributed by atoms with Crippen LogP contribution in [-0.2, 0) is 16.1 Å². The molecule has 0 saturated carbocycles. The zero-order valence-electron chi connectivity index (χ0n) is 14.0. The molecule has 0 unspecified atom stereocenters. The standard InChI is InChI=1S/C20H16O6/c1-23-20(22)18-12-11-15(26-18)13-24-19(21)16-9-5-6-10-17(16)25-14-7-3-2-4-8-14/h2-12H,13H2,1H3. The van der Waals surface area contributed by atoms with Gasteiger partial charge in [-0.15, -0.1) is 0 Å². The molecule has 0 N–H and O–H groups in total. The number of esters is 2. The van der Waals surface area contributed by atoms with Crippen LogP contribution in [-0.4, -0.2) is 19.0 Å². The first kappa shape index (κ1) is 17.3. The van der Waals surface area contributed by atoms with Crippen molar-refractivity contribution >= 4 is 11.9 Å². The van der Waals surface area contributed by atoms with E-state index in [0.29, 0.717) is 17.3 Å². The van der Waals surface area contributed by atoms with Crippen molar-refractivity contribution in [1.29, 1.82) is 0 Å². The Morgan fingerprint density at radius 2 is 1.62 bits per heavy atom. The zero-order valence-corrected chi connectivity index (χ0v) is 14.0. The minimum absolute atomic E-state index is 0.0476. The Balaban J connectivity index is 1.68. The second kappa shape index (κ2) is 8.02. The molecule has 0 atom stereocenters. The van der Waals surface area contributed by atoms with Crippen LogP contribution in [0.15, 0.2) is 71.1 Å². The number of furan rings is 1. The number of para-hydroxylation sites is 2. The van der Waals surface area contributed by atoms with Gasteiger partial charge in [0.1, 0.15) is 29.4 Å². The maximum absolute atomic E-state index is 12.4. The average Bonchev–Trinajstić information content (AvgIpc) is 3.16. The lowest BCUT2D eigenvalue weighted by atomic mass is 10.2. The monoisotopic (exact) mass is 352 g/mol. The van der Waals surface area contributed by atoms with Gasteiger partial charge in [-0.25, -0.2) is 9.59 Å². The van der Waals surface area contributed by atoms with Gasteiger partial charge in [-0.3, -0.25) is 0 Å². The molecule has 0 fully saturated rings. The normalized spacial score (nSPS) is 10.2. The van der Waals surface area contributed by atoms with E-state index in [0.717, 1.165) is 0 Å². The summed E-state index contributed by atoms with van der Waals surface area (Å²) in [4.78, 5) is 23.8. The molecule has 6 nitrogen and oxygen atoms in total. The fourth-order valence-electron chi connectivity index (χ4n) is 2.22. The van der Waals surface area contributed by atoms with Crippen molar-refractivity contribution in [2.24, 2.45) is 0 Å². The highest BCUT2D eigenvalue weighted by atomic mass is 16.6. The molecule has 6 heteroatoms. The van der Waals surface area contributed by atoms with Crippen LogP contribution >= 0.6 is 0 Å². The van der Waals surface area contributed by atoms with Gasteiger partial charge >= 0.3 is 11.9 Å². The quantitative estimate of drug-likeness (QED) is 0.619. The van der Waals surface area contributed by atoms with Gasteiger partial charge < -0.3 is 18.6 Å². The second-order valence-corrected chi connectivity index (χ2v) is 5.24. The molecule has 3 aromatic rings. The third-order valence-electron chi connectivity index (χ3n) is 3.47. The largest absolute Gasteiger partial charge is 0.463 e. The molecule has 0 saturated heterocycles. The maximum Gasteiger partial charge on any atom is 0.373 e. The topological polar surface area (TPSA) is 75.0 Å². The van der Waals surface area contributed by atoms with Gasteiger partial charge in [0.2, 0.25) is 5.76 Å². The Labute approximate surface area is 149 Å². The molecule has 0 aliphatic carbocycles. The highest BCUT2D eigenvalue weighted by Crippen LogP contribution is 2.26. The van der Waals surface area contributed by atoms with Gasteiger partial charge in [0.05, 0.1) is 7.11 Å². The van der Waals surface area contributed by atoms with Crippen LogP contribution in [0.3, 0.4) is 0 Å². The summed E-state index contributed by atoms with van der Waals surface area (Å²) >= 11 is 0. The number of benzene rings is 2. The van der Waals surface area contributed by atoms with E-state index in [-0.39, 0.29) is 17.9 Å². The highest BCUT2D eigenvalue weighted by Gasteiger charge is 2.16. The molecule has 0 bridgehead atoms. The van der Waals surface area contributed by atoms with E-state index < -0.39 is 11.9 Å². The number of carbonyl (C=O) groups is 2. The number of carbonyl (C=O) groups excluding carboxylic acids is 2. The van der Waals surface area contributed by atoms with Crippen molar-refractivity contribution in [2.45, 2.75) is 6.61 Å². The van der Waals surface area contributed by atoms with Crippen LogP contribution in [0.2, 0.25) is 0 Å². The number of hydrogen-bond donors (Lipinski definition) is 0. The number of hydrogen-bond acceptors (Lipinski definition) is 6. The molecule has 3 rings (SSSR count). The Morgan fingerprint density at radius 1 is 0.885 bits per heavy atom. The van der Waals surface area contributed by atoms with Crippen LogP contribution in [0.5, 0.6) is 11.5 Å². The molecular formula is C20H16O6. The molecule has 1 heterocycles. The molecule has 26 heavy (non-hydrogen) atoms. The van der Waals surface area contributed by atoms with Crippen LogP contribution in [0.1, 0.15) is 26.7 Å². The van der Waals surface area contributed by atoms with Gasteiger partial charge in [-0.05, 0) is 36.4 Å². The molecule has 0 radical (unpaired) electrons. The van der Waals surface area contributed by atoms with E-state index in [2.05, 4.69) is 4.74 Å². The van der Waals surface area contributed by atoms with Gasteiger partial charge in [0.15, 0.2) is 0 Å². The molecule has 0 spiro atoms. The molecule has 132 valence electrons. The summed E-state index contributed by atoms with van der Waals surface area (Å²) in [6.45, 7) is -0.116. The minimum atomic E-state index is -0.593. The Kier molecular flexibility index (Phi) is 5.34. The average molecular weight is 352 g/mol. The Morgan fingerprint density at radius 3 is 2.38 bits per heavy atom. The summed E-state index contributed by atoms with van der Waals surface area (Å²) < 4.78 is 20.8.